The summed E-state index contributed by atoms with van der Waals surface area (Å²) in [6.45, 7) is 5.36. The third kappa shape index (κ3) is 3.90. The van der Waals surface area contributed by atoms with Crippen molar-refractivity contribution < 1.29 is 9.53 Å². The van der Waals surface area contributed by atoms with Crippen molar-refractivity contribution in [3.63, 3.8) is 0 Å². The fraction of sp³-hybridized carbons (Fsp3) is 0.632. The van der Waals surface area contributed by atoms with E-state index >= 15 is 0 Å². The van der Waals surface area contributed by atoms with Gasteiger partial charge in [0, 0.05) is 26.2 Å². The molecule has 2 fully saturated rings. The molecule has 0 bridgehead atoms. The molecule has 1 spiro atoms. The largest absolute Gasteiger partial charge is 0.491 e. The Hall–Kier alpha value is -1.59. The lowest BCUT2D eigenvalue weighted by Crippen LogP contribution is -2.44. The second kappa shape index (κ2) is 7.53. The number of likely N-dealkylation sites (tertiary alicyclic amines) is 1. The summed E-state index contributed by atoms with van der Waals surface area (Å²) in [6, 6.07) is 7.62. The van der Waals surface area contributed by atoms with Crippen LogP contribution in [-0.4, -0.2) is 69.1 Å². The standard InChI is InChI=1S/C19H29N3O2/c1-21(2)13-14-24-17-6-4-3-5-16(17)18(23)22-11-8-19(9-12-22)7-10-20-15-19/h3-6,20H,7-15H2,1-2H3. The summed E-state index contributed by atoms with van der Waals surface area (Å²) in [6.07, 6.45) is 3.46. The summed E-state index contributed by atoms with van der Waals surface area (Å²) in [7, 11) is 4.03. The van der Waals surface area contributed by atoms with Crippen molar-refractivity contribution >= 4 is 5.91 Å². The maximum absolute atomic E-state index is 12.9. The highest BCUT2D eigenvalue weighted by Crippen LogP contribution is 2.37. The summed E-state index contributed by atoms with van der Waals surface area (Å²) in [5.74, 6) is 0.809. The first-order valence-electron chi connectivity index (χ1n) is 8.96. The highest BCUT2D eigenvalue weighted by molar-refractivity contribution is 5.97. The Bertz CT molecular complexity index is 557. The van der Waals surface area contributed by atoms with Crippen LogP contribution in [0.2, 0.25) is 0 Å². The molecule has 5 heteroatoms. The van der Waals surface area contributed by atoms with E-state index in [0.717, 1.165) is 45.6 Å². The van der Waals surface area contributed by atoms with Crippen LogP contribution >= 0.6 is 0 Å². The summed E-state index contributed by atoms with van der Waals surface area (Å²) in [5, 5.41) is 3.47. The number of para-hydroxylation sites is 1. The van der Waals surface area contributed by atoms with Gasteiger partial charge in [-0.2, -0.15) is 0 Å². The molecule has 1 N–H and O–H groups in total. The van der Waals surface area contributed by atoms with Gasteiger partial charge in [-0.05, 0) is 57.5 Å². The third-order valence-electron chi connectivity index (χ3n) is 5.36. The van der Waals surface area contributed by atoms with Gasteiger partial charge in [0.05, 0.1) is 5.56 Å². The van der Waals surface area contributed by atoms with Gasteiger partial charge in [-0.25, -0.2) is 0 Å². The quantitative estimate of drug-likeness (QED) is 0.894. The fourth-order valence-electron chi connectivity index (χ4n) is 3.68. The van der Waals surface area contributed by atoms with Crippen LogP contribution in [0.5, 0.6) is 5.75 Å². The lowest BCUT2D eigenvalue weighted by atomic mass is 9.78. The maximum Gasteiger partial charge on any atom is 0.257 e. The van der Waals surface area contributed by atoms with Crippen molar-refractivity contribution in [2.75, 3.05) is 53.4 Å². The molecule has 1 aromatic carbocycles. The minimum absolute atomic E-state index is 0.108. The summed E-state index contributed by atoms with van der Waals surface area (Å²) >= 11 is 0. The molecule has 1 aromatic rings. The minimum Gasteiger partial charge on any atom is -0.491 e. The second-order valence-corrected chi connectivity index (χ2v) is 7.37. The van der Waals surface area contributed by atoms with E-state index in [1.54, 1.807) is 0 Å². The SMILES string of the molecule is CN(C)CCOc1ccccc1C(=O)N1CCC2(CCNC2)CC1. The fourth-order valence-corrected chi connectivity index (χ4v) is 3.68. The van der Waals surface area contributed by atoms with Crippen molar-refractivity contribution in [3.8, 4) is 5.75 Å². The number of piperidine rings is 1. The van der Waals surface area contributed by atoms with E-state index < -0.39 is 0 Å². The summed E-state index contributed by atoms with van der Waals surface area (Å²) < 4.78 is 5.85. The molecule has 24 heavy (non-hydrogen) atoms. The molecule has 0 atom stereocenters. The number of hydrogen-bond donors (Lipinski definition) is 1. The van der Waals surface area contributed by atoms with Crippen molar-refractivity contribution in [1.29, 1.82) is 0 Å². The van der Waals surface area contributed by atoms with E-state index in [2.05, 4.69) is 10.2 Å². The molecule has 132 valence electrons. The summed E-state index contributed by atoms with van der Waals surface area (Å²) in [5.41, 5.74) is 1.12. The Morgan fingerprint density at radius 3 is 2.67 bits per heavy atom. The first kappa shape index (κ1) is 17.2. The zero-order valence-electron chi connectivity index (χ0n) is 14.9. The van der Waals surface area contributed by atoms with Crippen LogP contribution < -0.4 is 10.1 Å². The van der Waals surface area contributed by atoms with E-state index in [9.17, 15) is 4.79 Å². The van der Waals surface area contributed by atoms with Gasteiger partial charge >= 0.3 is 0 Å². The number of nitrogens with one attached hydrogen (secondary N) is 1. The number of amides is 1. The van der Waals surface area contributed by atoms with Crippen LogP contribution in [0.15, 0.2) is 24.3 Å². The smallest absolute Gasteiger partial charge is 0.257 e. The Balaban J connectivity index is 1.62. The number of benzene rings is 1. The van der Waals surface area contributed by atoms with Gasteiger partial charge in [0.15, 0.2) is 0 Å². The number of rotatable bonds is 5. The van der Waals surface area contributed by atoms with Crippen LogP contribution in [0.1, 0.15) is 29.6 Å². The lowest BCUT2D eigenvalue weighted by Gasteiger charge is -2.39. The predicted molar refractivity (Wildman–Crippen MR) is 95.5 cm³/mol. The van der Waals surface area contributed by atoms with E-state index in [-0.39, 0.29) is 5.91 Å². The zero-order valence-corrected chi connectivity index (χ0v) is 14.9. The monoisotopic (exact) mass is 331 g/mol. The maximum atomic E-state index is 12.9. The van der Waals surface area contributed by atoms with E-state index in [1.807, 2.05) is 43.3 Å². The van der Waals surface area contributed by atoms with Crippen molar-refractivity contribution in [2.45, 2.75) is 19.3 Å². The van der Waals surface area contributed by atoms with Gasteiger partial charge in [-0.1, -0.05) is 12.1 Å². The van der Waals surface area contributed by atoms with Crippen LogP contribution in [0, 0.1) is 5.41 Å². The molecule has 1 amide bonds. The molecule has 2 saturated heterocycles. The Morgan fingerprint density at radius 1 is 1.25 bits per heavy atom. The molecule has 0 aromatic heterocycles. The molecule has 0 saturated carbocycles. The summed E-state index contributed by atoms with van der Waals surface area (Å²) in [4.78, 5) is 17.0. The molecule has 2 aliphatic heterocycles. The molecule has 0 unspecified atom stereocenters. The average Bonchev–Trinajstić information content (AvgIpc) is 3.03. The molecular formula is C19H29N3O2. The van der Waals surface area contributed by atoms with Gasteiger partial charge < -0.3 is 19.9 Å². The van der Waals surface area contributed by atoms with Crippen LogP contribution in [0.3, 0.4) is 0 Å². The predicted octanol–water partition coefficient (Wildman–Crippen LogP) is 1.84. The van der Waals surface area contributed by atoms with E-state index in [0.29, 0.717) is 23.3 Å². The zero-order chi connectivity index (χ0) is 17.0. The minimum atomic E-state index is 0.108. The second-order valence-electron chi connectivity index (χ2n) is 7.37. The highest BCUT2D eigenvalue weighted by Gasteiger charge is 2.38. The topological polar surface area (TPSA) is 44.8 Å². The van der Waals surface area contributed by atoms with Crippen molar-refractivity contribution in [1.82, 2.24) is 15.1 Å². The van der Waals surface area contributed by atoms with Gasteiger partial charge in [0.2, 0.25) is 0 Å². The molecule has 2 heterocycles. The first-order chi connectivity index (χ1) is 11.6. The number of ether oxygens (including phenoxy) is 1. The number of hydrogen-bond acceptors (Lipinski definition) is 4. The molecule has 3 rings (SSSR count). The highest BCUT2D eigenvalue weighted by atomic mass is 16.5. The van der Waals surface area contributed by atoms with E-state index in [1.165, 1.54) is 6.42 Å². The lowest BCUT2D eigenvalue weighted by molar-refractivity contribution is 0.0603. The third-order valence-corrected chi connectivity index (χ3v) is 5.36. The average molecular weight is 331 g/mol. The van der Waals surface area contributed by atoms with Crippen LogP contribution in [0.25, 0.3) is 0 Å². The molecule has 5 nitrogen and oxygen atoms in total. The normalized spacial score (nSPS) is 19.9. The van der Waals surface area contributed by atoms with Gasteiger partial charge in [0.1, 0.15) is 12.4 Å². The Morgan fingerprint density at radius 2 is 2.00 bits per heavy atom. The molecule has 0 radical (unpaired) electrons. The number of carbonyl (C=O) groups excluding carboxylic acids is 1. The van der Waals surface area contributed by atoms with Crippen LogP contribution in [0.4, 0.5) is 0 Å². The van der Waals surface area contributed by atoms with Gasteiger partial charge in [-0.15, -0.1) is 0 Å². The Labute approximate surface area is 145 Å². The van der Waals surface area contributed by atoms with Gasteiger partial charge in [0.25, 0.3) is 5.91 Å². The first-order valence-corrected chi connectivity index (χ1v) is 8.96. The van der Waals surface area contributed by atoms with Crippen LogP contribution in [-0.2, 0) is 0 Å². The molecule has 2 aliphatic rings. The molecule has 0 aliphatic carbocycles. The van der Waals surface area contributed by atoms with Crippen molar-refractivity contribution in [3.05, 3.63) is 29.8 Å². The van der Waals surface area contributed by atoms with E-state index in [4.69, 9.17) is 4.74 Å². The van der Waals surface area contributed by atoms with Gasteiger partial charge in [-0.3, -0.25) is 4.79 Å². The molecular weight excluding hydrogens is 302 g/mol. The number of nitrogens with zero attached hydrogens (tertiary/aromatic N) is 2. The number of carbonyl (C=O) groups is 1. The number of likely N-dealkylation sites (N-methyl/N-ethyl adjacent to an activating group) is 1. The Kier molecular flexibility index (Phi) is 5.41. The van der Waals surface area contributed by atoms with Crippen molar-refractivity contribution in [2.24, 2.45) is 5.41 Å².